The van der Waals surface area contributed by atoms with Crippen LogP contribution in [0.5, 0.6) is 0 Å². The number of ether oxygens (including phenoxy) is 1. The van der Waals surface area contributed by atoms with E-state index in [1.165, 1.54) is 17.8 Å². The summed E-state index contributed by atoms with van der Waals surface area (Å²) in [7, 11) is 0. The minimum Gasteiger partial charge on any atom is -0.464 e. The first-order chi connectivity index (χ1) is 14.1. The molecule has 152 valence electrons. The molecule has 0 bridgehead atoms. The lowest BCUT2D eigenvalue weighted by Crippen LogP contribution is -2.43. The Morgan fingerprint density at radius 1 is 1.17 bits per heavy atom. The summed E-state index contributed by atoms with van der Waals surface area (Å²) >= 11 is 7.92. The lowest BCUT2D eigenvalue weighted by molar-refractivity contribution is -0.152. The minimum absolute atomic E-state index is 0.235. The van der Waals surface area contributed by atoms with Crippen LogP contribution < -0.4 is 0 Å². The highest BCUT2D eigenvalue weighted by atomic mass is 35.5. The third-order valence-electron chi connectivity index (χ3n) is 4.66. The van der Waals surface area contributed by atoms with Gasteiger partial charge in [0, 0.05) is 22.4 Å². The summed E-state index contributed by atoms with van der Waals surface area (Å²) in [6.07, 6.45) is 5.02. The van der Waals surface area contributed by atoms with Gasteiger partial charge in [0.2, 0.25) is 5.91 Å². The molecular formula is C23H24ClNO3S. The number of rotatable bonds is 7. The van der Waals surface area contributed by atoms with Gasteiger partial charge in [-0.05, 0) is 24.1 Å². The zero-order valence-electron chi connectivity index (χ0n) is 16.3. The van der Waals surface area contributed by atoms with Crippen molar-refractivity contribution in [3.63, 3.8) is 0 Å². The maximum absolute atomic E-state index is 13.1. The first-order valence-electron chi connectivity index (χ1n) is 9.70. The van der Waals surface area contributed by atoms with Crippen molar-refractivity contribution in [1.29, 1.82) is 0 Å². The molecular weight excluding hydrogens is 406 g/mol. The van der Waals surface area contributed by atoms with Crippen molar-refractivity contribution < 1.29 is 14.3 Å². The standard InChI is InChI=1S/C23H24ClNO3S/c1-2-3-15-28-23(27)20-16-29-22(18-11-7-8-12-19(18)24)25(20)21(26)14-13-17-9-5-4-6-10-17/h4-14,20,22H,2-3,15-16H2,1H3/b14-13+. The molecule has 1 aliphatic heterocycles. The number of esters is 1. The van der Waals surface area contributed by atoms with E-state index in [4.69, 9.17) is 16.3 Å². The van der Waals surface area contributed by atoms with Gasteiger partial charge in [0.15, 0.2) is 0 Å². The SMILES string of the molecule is CCCCOC(=O)C1CSC(c2ccccc2Cl)N1C(=O)/C=C/c1ccccc1. The molecule has 6 heteroatoms. The zero-order chi connectivity index (χ0) is 20.6. The molecule has 1 aliphatic rings. The Balaban J connectivity index is 1.85. The lowest BCUT2D eigenvalue weighted by Gasteiger charge is -2.28. The van der Waals surface area contributed by atoms with Crippen LogP contribution in [0.25, 0.3) is 6.08 Å². The van der Waals surface area contributed by atoms with E-state index in [0.717, 1.165) is 24.0 Å². The van der Waals surface area contributed by atoms with Crippen molar-refractivity contribution in [3.8, 4) is 0 Å². The van der Waals surface area contributed by atoms with Crippen LogP contribution in [-0.2, 0) is 14.3 Å². The maximum Gasteiger partial charge on any atom is 0.329 e. The van der Waals surface area contributed by atoms with E-state index < -0.39 is 6.04 Å². The molecule has 1 fully saturated rings. The maximum atomic E-state index is 13.1. The van der Waals surface area contributed by atoms with Crippen molar-refractivity contribution in [1.82, 2.24) is 4.90 Å². The van der Waals surface area contributed by atoms with Crippen molar-refractivity contribution in [2.75, 3.05) is 12.4 Å². The summed E-state index contributed by atoms with van der Waals surface area (Å²) in [6.45, 7) is 2.41. The van der Waals surface area contributed by atoms with Gasteiger partial charge in [0.25, 0.3) is 0 Å². The summed E-state index contributed by atoms with van der Waals surface area (Å²) in [5, 5.41) is 0.246. The third-order valence-corrected chi connectivity index (χ3v) is 6.31. The second kappa shape index (κ2) is 10.5. The number of benzene rings is 2. The van der Waals surface area contributed by atoms with E-state index in [-0.39, 0.29) is 17.3 Å². The summed E-state index contributed by atoms with van der Waals surface area (Å²) in [6, 6.07) is 16.4. The van der Waals surface area contributed by atoms with Gasteiger partial charge in [-0.1, -0.05) is 73.5 Å². The Morgan fingerprint density at radius 3 is 2.62 bits per heavy atom. The van der Waals surface area contributed by atoms with Gasteiger partial charge >= 0.3 is 5.97 Å². The molecule has 2 aromatic rings. The summed E-state index contributed by atoms with van der Waals surface area (Å²) in [4.78, 5) is 27.4. The van der Waals surface area contributed by atoms with E-state index in [2.05, 4.69) is 0 Å². The molecule has 2 atom stereocenters. The number of unbranched alkanes of at least 4 members (excludes halogenated alkanes) is 1. The van der Waals surface area contributed by atoms with Gasteiger partial charge in [-0.15, -0.1) is 11.8 Å². The number of hydrogen-bond donors (Lipinski definition) is 0. The molecule has 0 aromatic heterocycles. The monoisotopic (exact) mass is 429 g/mol. The molecule has 29 heavy (non-hydrogen) atoms. The zero-order valence-corrected chi connectivity index (χ0v) is 17.9. The first-order valence-corrected chi connectivity index (χ1v) is 11.1. The molecule has 0 N–H and O–H groups in total. The smallest absolute Gasteiger partial charge is 0.329 e. The summed E-state index contributed by atoms with van der Waals surface area (Å²) in [5.41, 5.74) is 1.74. The third kappa shape index (κ3) is 5.43. The van der Waals surface area contributed by atoms with Crippen LogP contribution in [-0.4, -0.2) is 35.2 Å². The lowest BCUT2D eigenvalue weighted by atomic mass is 10.1. The number of carbonyl (C=O) groups excluding carboxylic acids is 2. The van der Waals surface area contributed by atoms with Crippen molar-refractivity contribution in [2.24, 2.45) is 0 Å². The van der Waals surface area contributed by atoms with E-state index in [0.29, 0.717) is 17.4 Å². The number of thioether (sulfide) groups is 1. The number of carbonyl (C=O) groups is 2. The fraction of sp³-hybridized carbons (Fsp3) is 0.304. The molecule has 0 saturated carbocycles. The van der Waals surface area contributed by atoms with E-state index >= 15 is 0 Å². The van der Waals surface area contributed by atoms with Crippen LogP contribution in [0.3, 0.4) is 0 Å². The van der Waals surface area contributed by atoms with E-state index in [9.17, 15) is 9.59 Å². The Bertz CT molecular complexity index is 871. The van der Waals surface area contributed by atoms with Gasteiger partial charge in [0.1, 0.15) is 11.4 Å². The van der Waals surface area contributed by atoms with Gasteiger partial charge < -0.3 is 9.64 Å². The largest absolute Gasteiger partial charge is 0.464 e. The molecule has 1 heterocycles. The Morgan fingerprint density at radius 2 is 1.90 bits per heavy atom. The Labute approximate surface area is 180 Å². The van der Waals surface area contributed by atoms with Crippen LogP contribution in [0.4, 0.5) is 0 Å². The molecule has 1 saturated heterocycles. The van der Waals surface area contributed by atoms with Crippen LogP contribution in [0, 0.1) is 0 Å². The van der Waals surface area contributed by atoms with Crippen LogP contribution in [0.15, 0.2) is 60.7 Å². The summed E-state index contributed by atoms with van der Waals surface area (Å²) < 4.78 is 5.42. The van der Waals surface area contributed by atoms with Gasteiger partial charge in [0.05, 0.1) is 6.61 Å². The molecule has 3 rings (SSSR count). The second-order valence-electron chi connectivity index (χ2n) is 6.73. The molecule has 0 spiro atoms. The van der Waals surface area contributed by atoms with Gasteiger partial charge in [-0.3, -0.25) is 4.79 Å². The quantitative estimate of drug-likeness (QED) is 0.338. The second-order valence-corrected chi connectivity index (χ2v) is 8.25. The number of amides is 1. The van der Waals surface area contributed by atoms with Crippen molar-refractivity contribution in [3.05, 3.63) is 76.8 Å². The van der Waals surface area contributed by atoms with Gasteiger partial charge in [-0.2, -0.15) is 0 Å². The highest BCUT2D eigenvalue weighted by molar-refractivity contribution is 7.99. The Kier molecular flexibility index (Phi) is 7.78. The molecule has 2 unspecified atom stereocenters. The number of nitrogens with zero attached hydrogens (tertiary/aromatic N) is 1. The topological polar surface area (TPSA) is 46.6 Å². The van der Waals surface area contributed by atoms with E-state index in [1.54, 1.807) is 17.0 Å². The predicted molar refractivity (Wildman–Crippen MR) is 119 cm³/mol. The van der Waals surface area contributed by atoms with Crippen LogP contribution in [0.2, 0.25) is 5.02 Å². The highest BCUT2D eigenvalue weighted by Gasteiger charge is 2.43. The fourth-order valence-corrected chi connectivity index (χ4v) is 4.86. The molecule has 1 amide bonds. The normalized spacial score (nSPS) is 18.9. The van der Waals surface area contributed by atoms with Crippen LogP contribution >= 0.6 is 23.4 Å². The van der Waals surface area contributed by atoms with Crippen LogP contribution in [0.1, 0.15) is 36.3 Å². The number of halogens is 1. The summed E-state index contributed by atoms with van der Waals surface area (Å²) in [5.74, 6) is -0.116. The fourth-order valence-electron chi connectivity index (χ4n) is 3.10. The van der Waals surface area contributed by atoms with Gasteiger partial charge in [-0.25, -0.2) is 4.79 Å². The average molecular weight is 430 g/mol. The molecule has 0 aliphatic carbocycles. The van der Waals surface area contributed by atoms with Crippen molar-refractivity contribution >= 4 is 41.3 Å². The first kappa shape index (κ1) is 21.5. The minimum atomic E-state index is -0.633. The highest BCUT2D eigenvalue weighted by Crippen LogP contribution is 2.44. The molecule has 0 radical (unpaired) electrons. The van der Waals surface area contributed by atoms with E-state index in [1.807, 2.05) is 55.5 Å². The average Bonchev–Trinajstić information content (AvgIpc) is 3.18. The molecule has 4 nitrogen and oxygen atoms in total. The molecule has 2 aromatic carbocycles. The Hall–Kier alpha value is -2.24. The number of hydrogen-bond acceptors (Lipinski definition) is 4. The van der Waals surface area contributed by atoms with Crippen molar-refractivity contribution in [2.45, 2.75) is 31.2 Å². The predicted octanol–water partition coefficient (Wildman–Crippen LogP) is 5.34.